The van der Waals surface area contributed by atoms with Gasteiger partial charge in [-0.15, -0.1) is 0 Å². The van der Waals surface area contributed by atoms with Crippen LogP contribution >= 0.6 is 0 Å². The Bertz CT molecular complexity index is 137. The Morgan fingerprint density at radius 2 is 2.15 bits per heavy atom. The summed E-state index contributed by atoms with van der Waals surface area (Å²) in [5.74, 6) is 0.336. The van der Waals surface area contributed by atoms with Crippen molar-refractivity contribution >= 4 is 5.78 Å². The zero-order chi connectivity index (χ0) is 10.1. The van der Waals surface area contributed by atoms with Crippen LogP contribution in [0.5, 0.6) is 0 Å². The summed E-state index contributed by atoms with van der Waals surface area (Å²) >= 11 is 0. The van der Waals surface area contributed by atoms with E-state index < -0.39 is 0 Å². The molecule has 0 spiro atoms. The van der Waals surface area contributed by atoms with E-state index in [1.165, 1.54) is 0 Å². The molecule has 0 fully saturated rings. The number of hydrogen-bond donors (Lipinski definition) is 2. The average molecular weight is 186 g/mol. The third kappa shape index (κ3) is 6.72. The molecule has 0 aliphatic rings. The molecule has 0 rings (SSSR count). The second kappa shape index (κ2) is 8.20. The fraction of sp³-hybridized carbons (Fsp3) is 0.900. The number of nitrogens with one attached hydrogen (secondary N) is 1. The fourth-order valence-electron chi connectivity index (χ4n) is 1.35. The minimum absolute atomic E-state index is 0.334. The largest absolute Gasteiger partial charge is 0.330 e. The predicted octanol–water partition coefficient (Wildman–Crippen LogP) is 1.07. The van der Waals surface area contributed by atoms with Crippen molar-refractivity contribution in [3.05, 3.63) is 0 Å². The van der Waals surface area contributed by atoms with Crippen LogP contribution in [0.15, 0.2) is 0 Å². The van der Waals surface area contributed by atoms with Gasteiger partial charge in [0.15, 0.2) is 0 Å². The lowest BCUT2D eigenvalue weighted by atomic mass is 10.0. The number of carbonyl (C=O) groups is 1. The number of hydrogen-bond acceptors (Lipinski definition) is 3. The number of rotatable bonds is 8. The van der Waals surface area contributed by atoms with Crippen molar-refractivity contribution in [1.82, 2.24) is 5.32 Å². The van der Waals surface area contributed by atoms with Gasteiger partial charge >= 0.3 is 0 Å². The maximum Gasteiger partial charge on any atom is 0.134 e. The van der Waals surface area contributed by atoms with Crippen molar-refractivity contribution in [2.45, 2.75) is 45.6 Å². The summed E-state index contributed by atoms with van der Waals surface area (Å²) in [4.78, 5) is 11.2. The first-order valence-electron chi connectivity index (χ1n) is 5.19. The Hall–Kier alpha value is -0.410. The quantitative estimate of drug-likeness (QED) is 0.596. The molecule has 0 aromatic rings. The monoisotopic (exact) mass is 186 g/mol. The van der Waals surface area contributed by atoms with Crippen LogP contribution in [0.4, 0.5) is 0 Å². The van der Waals surface area contributed by atoms with Gasteiger partial charge in [-0.1, -0.05) is 13.8 Å². The second-order valence-corrected chi connectivity index (χ2v) is 3.28. The topological polar surface area (TPSA) is 55.1 Å². The highest BCUT2D eigenvalue weighted by Gasteiger charge is 2.10. The van der Waals surface area contributed by atoms with E-state index in [2.05, 4.69) is 12.2 Å². The highest BCUT2D eigenvalue weighted by atomic mass is 16.1. The van der Waals surface area contributed by atoms with Crippen molar-refractivity contribution in [1.29, 1.82) is 0 Å². The summed E-state index contributed by atoms with van der Waals surface area (Å²) in [6, 6.07) is 0.334. The first-order valence-corrected chi connectivity index (χ1v) is 5.19. The van der Waals surface area contributed by atoms with Gasteiger partial charge in [-0.3, -0.25) is 4.79 Å². The predicted molar refractivity (Wildman–Crippen MR) is 55.7 cm³/mol. The summed E-state index contributed by atoms with van der Waals surface area (Å²) in [6.07, 6.45) is 3.31. The smallest absolute Gasteiger partial charge is 0.134 e. The lowest BCUT2D eigenvalue weighted by molar-refractivity contribution is -0.119. The lowest BCUT2D eigenvalue weighted by Crippen LogP contribution is -2.31. The van der Waals surface area contributed by atoms with Crippen LogP contribution in [0, 0.1) is 0 Å². The molecule has 0 heterocycles. The molecule has 0 amide bonds. The van der Waals surface area contributed by atoms with E-state index in [9.17, 15) is 4.79 Å². The van der Waals surface area contributed by atoms with Crippen molar-refractivity contribution in [3.8, 4) is 0 Å². The molecule has 1 unspecified atom stereocenters. The van der Waals surface area contributed by atoms with Gasteiger partial charge in [0.2, 0.25) is 0 Å². The number of ketones is 1. The Morgan fingerprint density at radius 3 is 2.62 bits per heavy atom. The molecular formula is C10H22N2O. The van der Waals surface area contributed by atoms with Gasteiger partial charge < -0.3 is 11.1 Å². The molecule has 3 N–H and O–H groups in total. The SMILES string of the molecule is CCNC(CCCN)CC(=O)CC. The first kappa shape index (κ1) is 12.6. The Balaban J connectivity index is 3.71. The van der Waals surface area contributed by atoms with E-state index in [1.54, 1.807) is 0 Å². The van der Waals surface area contributed by atoms with Crippen molar-refractivity contribution in [2.24, 2.45) is 5.73 Å². The van der Waals surface area contributed by atoms with Gasteiger partial charge in [0.05, 0.1) is 0 Å². The molecule has 0 aromatic heterocycles. The van der Waals surface area contributed by atoms with Crippen LogP contribution < -0.4 is 11.1 Å². The van der Waals surface area contributed by atoms with Crippen molar-refractivity contribution in [3.63, 3.8) is 0 Å². The van der Waals surface area contributed by atoms with E-state index >= 15 is 0 Å². The lowest BCUT2D eigenvalue weighted by Gasteiger charge is -2.16. The summed E-state index contributed by atoms with van der Waals surface area (Å²) in [7, 11) is 0. The van der Waals surface area contributed by atoms with Crippen molar-refractivity contribution in [2.75, 3.05) is 13.1 Å². The van der Waals surface area contributed by atoms with Gasteiger partial charge in [0.25, 0.3) is 0 Å². The van der Waals surface area contributed by atoms with Crippen molar-refractivity contribution < 1.29 is 4.79 Å². The minimum atomic E-state index is 0.334. The normalized spacial score (nSPS) is 12.8. The third-order valence-electron chi connectivity index (χ3n) is 2.12. The molecule has 0 saturated carbocycles. The highest BCUT2D eigenvalue weighted by Crippen LogP contribution is 2.03. The molecule has 3 nitrogen and oxygen atoms in total. The van der Waals surface area contributed by atoms with Gasteiger partial charge in [0.1, 0.15) is 5.78 Å². The Morgan fingerprint density at radius 1 is 1.46 bits per heavy atom. The zero-order valence-corrected chi connectivity index (χ0v) is 8.81. The number of Topliss-reactive ketones (excluding diaryl/α,β-unsaturated/α-hetero) is 1. The molecule has 0 aliphatic carbocycles. The first-order chi connectivity index (χ1) is 6.24. The van der Waals surface area contributed by atoms with Crippen LogP contribution in [0.25, 0.3) is 0 Å². The van der Waals surface area contributed by atoms with E-state index in [4.69, 9.17) is 5.73 Å². The highest BCUT2D eigenvalue weighted by molar-refractivity contribution is 5.78. The van der Waals surface area contributed by atoms with E-state index in [0.717, 1.165) is 19.4 Å². The zero-order valence-electron chi connectivity index (χ0n) is 8.81. The molecular weight excluding hydrogens is 164 g/mol. The van der Waals surface area contributed by atoms with E-state index in [1.807, 2.05) is 6.92 Å². The molecule has 0 radical (unpaired) electrons. The molecule has 1 atom stereocenters. The Labute approximate surface area is 81.1 Å². The molecule has 0 bridgehead atoms. The third-order valence-corrected chi connectivity index (χ3v) is 2.12. The fourth-order valence-corrected chi connectivity index (χ4v) is 1.35. The summed E-state index contributed by atoms with van der Waals surface area (Å²) in [5.41, 5.74) is 5.42. The van der Waals surface area contributed by atoms with Crippen LogP contribution in [0.3, 0.4) is 0 Å². The molecule has 0 aliphatic heterocycles. The molecule has 78 valence electrons. The Kier molecular flexibility index (Phi) is 7.94. The average Bonchev–Trinajstić information content (AvgIpc) is 2.14. The molecule has 0 aromatic carbocycles. The summed E-state index contributed by atoms with van der Waals surface area (Å²) in [6.45, 7) is 5.61. The number of carbonyl (C=O) groups excluding carboxylic acids is 1. The maximum atomic E-state index is 11.2. The molecule has 13 heavy (non-hydrogen) atoms. The van der Waals surface area contributed by atoms with Crippen LogP contribution in [0.1, 0.15) is 39.5 Å². The van der Waals surface area contributed by atoms with Crippen LogP contribution in [0.2, 0.25) is 0 Å². The minimum Gasteiger partial charge on any atom is -0.330 e. The van der Waals surface area contributed by atoms with Gasteiger partial charge in [-0.25, -0.2) is 0 Å². The summed E-state index contributed by atoms with van der Waals surface area (Å²) < 4.78 is 0. The van der Waals surface area contributed by atoms with Gasteiger partial charge in [-0.2, -0.15) is 0 Å². The maximum absolute atomic E-state index is 11.2. The summed E-state index contributed by atoms with van der Waals surface area (Å²) in [5, 5.41) is 3.31. The van der Waals surface area contributed by atoms with Crippen LogP contribution in [-0.2, 0) is 4.79 Å². The molecule has 3 heteroatoms. The van der Waals surface area contributed by atoms with Gasteiger partial charge in [0, 0.05) is 18.9 Å². The number of nitrogens with two attached hydrogens (primary N) is 1. The second-order valence-electron chi connectivity index (χ2n) is 3.28. The van der Waals surface area contributed by atoms with E-state index in [0.29, 0.717) is 31.2 Å². The van der Waals surface area contributed by atoms with E-state index in [-0.39, 0.29) is 0 Å². The standard InChI is InChI=1S/C10H22N2O/c1-3-10(13)8-9(12-4-2)6-5-7-11/h9,12H,3-8,11H2,1-2H3. The van der Waals surface area contributed by atoms with Gasteiger partial charge in [-0.05, 0) is 25.9 Å². The molecule has 0 saturated heterocycles. The van der Waals surface area contributed by atoms with Crippen LogP contribution in [-0.4, -0.2) is 24.9 Å².